The van der Waals surface area contributed by atoms with Crippen molar-refractivity contribution in [3.8, 4) is 0 Å². The van der Waals surface area contributed by atoms with Crippen LogP contribution in [0.5, 0.6) is 0 Å². The van der Waals surface area contributed by atoms with Gasteiger partial charge < -0.3 is 15.7 Å². The molecule has 0 radical (unpaired) electrons. The first kappa shape index (κ1) is 16.1. The van der Waals surface area contributed by atoms with Crippen LogP contribution in [0, 0.1) is 5.82 Å². The summed E-state index contributed by atoms with van der Waals surface area (Å²) < 4.78 is 13.1. The van der Waals surface area contributed by atoms with E-state index in [9.17, 15) is 19.1 Å². The number of carbonyl (C=O) groups is 2. The van der Waals surface area contributed by atoms with Crippen LogP contribution in [0.25, 0.3) is 0 Å². The Balaban J connectivity index is 1.86. The van der Waals surface area contributed by atoms with Crippen molar-refractivity contribution in [2.75, 3.05) is 6.54 Å². The number of amides is 2. The highest BCUT2D eigenvalue weighted by Crippen LogP contribution is 2.33. The molecule has 0 saturated carbocycles. The van der Waals surface area contributed by atoms with E-state index in [4.69, 9.17) is 5.73 Å². The molecule has 2 aromatic carbocycles. The Morgan fingerprint density at radius 1 is 1.04 bits per heavy atom. The van der Waals surface area contributed by atoms with Crippen molar-refractivity contribution in [2.24, 2.45) is 5.73 Å². The Bertz CT molecular complexity index is 759. The first-order valence-electron chi connectivity index (χ1n) is 7.60. The van der Waals surface area contributed by atoms with Crippen molar-refractivity contribution in [3.63, 3.8) is 0 Å². The molecule has 0 aliphatic carbocycles. The van der Waals surface area contributed by atoms with E-state index in [1.807, 2.05) is 0 Å². The van der Waals surface area contributed by atoms with Gasteiger partial charge in [0, 0.05) is 17.7 Å². The lowest BCUT2D eigenvalue weighted by Crippen LogP contribution is -2.31. The zero-order valence-corrected chi connectivity index (χ0v) is 12.9. The summed E-state index contributed by atoms with van der Waals surface area (Å²) >= 11 is 0. The summed E-state index contributed by atoms with van der Waals surface area (Å²) in [5, 5.41) is 9.97. The fourth-order valence-corrected chi connectivity index (χ4v) is 2.98. The van der Waals surface area contributed by atoms with Gasteiger partial charge in [0.25, 0.3) is 5.91 Å². The average molecular weight is 328 g/mol. The Kier molecular flexibility index (Phi) is 4.31. The Labute approximate surface area is 138 Å². The van der Waals surface area contributed by atoms with Crippen LogP contribution in [0.2, 0.25) is 0 Å². The maximum Gasteiger partial charge on any atom is 0.254 e. The molecule has 6 heteroatoms. The molecule has 1 heterocycles. The zero-order chi connectivity index (χ0) is 17.3. The molecule has 0 aromatic heterocycles. The monoisotopic (exact) mass is 328 g/mol. The number of aliphatic hydroxyl groups is 1. The van der Waals surface area contributed by atoms with Gasteiger partial charge in [-0.05, 0) is 48.4 Å². The summed E-state index contributed by atoms with van der Waals surface area (Å²) in [7, 11) is 0. The fourth-order valence-electron chi connectivity index (χ4n) is 2.98. The topological polar surface area (TPSA) is 83.6 Å². The number of primary amides is 1. The second-order valence-corrected chi connectivity index (χ2v) is 5.86. The molecule has 24 heavy (non-hydrogen) atoms. The number of hydrogen-bond acceptors (Lipinski definition) is 3. The maximum absolute atomic E-state index is 13.1. The molecule has 0 spiro atoms. The third kappa shape index (κ3) is 3.14. The molecule has 124 valence electrons. The summed E-state index contributed by atoms with van der Waals surface area (Å²) in [5.74, 6) is -1.16. The molecular weight excluding hydrogens is 311 g/mol. The number of β-amino-alcohol motifs (C(OH)–C–C–N with tert-alkyl or cyclic N) is 1. The number of nitrogens with zero attached hydrogens (tertiary/aromatic N) is 1. The first-order valence-corrected chi connectivity index (χ1v) is 7.60. The van der Waals surface area contributed by atoms with Gasteiger partial charge in [-0.15, -0.1) is 0 Å². The standard InChI is InChI=1S/C18H17FN2O3/c19-14-7-5-11(6-8-14)16-9-15(22)10-21(16)18(24)13-3-1-12(2-4-13)17(20)23/h1-8,15-16,22H,9-10H2,(H2,20,23). The zero-order valence-electron chi connectivity index (χ0n) is 12.9. The third-order valence-electron chi connectivity index (χ3n) is 4.21. The molecule has 3 N–H and O–H groups in total. The Hall–Kier alpha value is -2.73. The lowest BCUT2D eigenvalue weighted by molar-refractivity contribution is 0.0715. The van der Waals surface area contributed by atoms with Crippen LogP contribution in [0.1, 0.15) is 38.7 Å². The van der Waals surface area contributed by atoms with Crippen LogP contribution in [-0.2, 0) is 0 Å². The Morgan fingerprint density at radius 2 is 1.62 bits per heavy atom. The van der Waals surface area contributed by atoms with Crippen molar-refractivity contribution in [3.05, 3.63) is 71.0 Å². The number of hydrogen-bond donors (Lipinski definition) is 2. The molecule has 1 saturated heterocycles. The highest BCUT2D eigenvalue weighted by Gasteiger charge is 2.35. The number of halogens is 1. The van der Waals surface area contributed by atoms with Crippen LogP contribution < -0.4 is 5.73 Å². The van der Waals surface area contributed by atoms with E-state index in [0.717, 1.165) is 5.56 Å². The van der Waals surface area contributed by atoms with Crippen molar-refractivity contribution in [1.82, 2.24) is 4.90 Å². The summed E-state index contributed by atoms with van der Waals surface area (Å²) in [6.45, 7) is 0.207. The van der Waals surface area contributed by atoms with Crippen LogP contribution in [0.15, 0.2) is 48.5 Å². The molecule has 5 nitrogen and oxygen atoms in total. The van der Waals surface area contributed by atoms with Gasteiger partial charge in [0.05, 0.1) is 12.1 Å². The van der Waals surface area contributed by atoms with Crippen LogP contribution in [0.3, 0.4) is 0 Å². The highest BCUT2D eigenvalue weighted by atomic mass is 19.1. The third-order valence-corrected chi connectivity index (χ3v) is 4.21. The van der Waals surface area contributed by atoms with Crippen molar-refractivity contribution < 1.29 is 19.1 Å². The predicted molar refractivity (Wildman–Crippen MR) is 85.8 cm³/mol. The van der Waals surface area contributed by atoms with Gasteiger partial charge in [0.1, 0.15) is 5.82 Å². The first-order chi connectivity index (χ1) is 11.5. The average Bonchev–Trinajstić information content (AvgIpc) is 2.96. The minimum Gasteiger partial charge on any atom is -0.391 e. The molecule has 2 atom stereocenters. The van der Waals surface area contributed by atoms with Gasteiger partial charge in [-0.25, -0.2) is 4.39 Å². The molecule has 1 fully saturated rings. The molecule has 2 amide bonds. The Morgan fingerprint density at radius 3 is 2.21 bits per heavy atom. The van der Waals surface area contributed by atoms with Gasteiger partial charge in [-0.1, -0.05) is 12.1 Å². The summed E-state index contributed by atoms with van der Waals surface area (Å²) in [5.41, 5.74) is 6.69. The molecule has 3 rings (SSSR count). The predicted octanol–water partition coefficient (Wildman–Crippen LogP) is 1.87. The van der Waals surface area contributed by atoms with Gasteiger partial charge in [-0.3, -0.25) is 9.59 Å². The maximum atomic E-state index is 13.1. The number of aliphatic hydroxyl groups excluding tert-OH is 1. The minimum atomic E-state index is -0.631. The van der Waals surface area contributed by atoms with Crippen molar-refractivity contribution in [1.29, 1.82) is 0 Å². The fraction of sp³-hybridized carbons (Fsp3) is 0.222. The van der Waals surface area contributed by atoms with E-state index in [2.05, 4.69) is 0 Å². The van der Waals surface area contributed by atoms with Crippen molar-refractivity contribution >= 4 is 11.8 Å². The van der Waals surface area contributed by atoms with E-state index in [1.54, 1.807) is 17.0 Å². The molecule has 2 unspecified atom stereocenters. The second-order valence-electron chi connectivity index (χ2n) is 5.86. The van der Waals surface area contributed by atoms with Gasteiger partial charge >= 0.3 is 0 Å². The number of carbonyl (C=O) groups excluding carboxylic acids is 2. The lowest BCUT2D eigenvalue weighted by atomic mass is 10.0. The van der Waals surface area contributed by atoms with E-state index < -0.39 is 12.0 Å². The SMILES string of the molecule is NC(=O)c1ccc(C(=O)N2CC(O)CC2c2ccc(F)cc2)cc1. The number of likely N-dealkylation sites (tertiary alicyclic amines) is 1. The van der Waals surface area contributed by atoms with Gasteiger partial charge in [0.2, 0.25) is 5.91 Å². The molecule has 1 aliphatic rings. The molecule has 2 aromatic rings. The quantitative estimate of drug-likeness (QED) is 0.902. The van der Waals surface area contributed by atoms with E-state index in [1.165, 1.54) is 36.4 Å². The summed E-state index contributed by atoms with van der Waals surface area (Å²) in [6.07, 6.45) is -0.231. The van der Waals surface area contributed by atoms with E-state index >= 15 is 0 Å². The van der Waals surface area contributed by atoms with Gasteiger partial charge in [0.15, 0.2) is 0 Å². The lowest BCUT2D eigenvalue weighted by Gasteiger charge is -2.25. The van der Waals surface area contributed by atoms with E-state index in [0.29, 0.717) is 17.5 Å². The number of nitrogens with two attached hydrogens (primary N) is 1. The number of rotatable bonds is 3. The molecule has 1 aliphatic heterocycles. The second kappa shape index (κ2) is 6.41. The largest absolute Gasteiger partial charge is 0.391 e. The van der Waals surface area contributed by atoms with E-state index in [-0.39, 0.29) is 24.3 Å². The molecule has 0 bridgehead atoms. The summed E-state index contributed by atoms with van der Waals surface area (Å²) in [6, 6.07) is 11.7. The molecular formula is C18H17FN2O3. The van der Waals surface area contributed by atoms with Crippen molar-refractivity contribution in [2.45, 2.75) is 18.6 Å². The normalized spacial score (nSPS) is 20.2. The highest BCUT2D eigenvalue weighted by molar-refractivity contribution is 5.97. The van der Waals surface area contributed by atoms with Gasteiger partial charge in [-0.2, -0.15) is 0 Å². The minimum absolute atomic E-state index is 0.207. The number of benzene rings is 2. The summed E-state index contributed by atoms with van der Waals surface area (Å²) in [4.78, 5) is 25.4. The smallest absolute Gasteiger partial charge is 0.254 e. The van der Waals surface area contributed by atoms with Crippen LogP contribution >= 0.6 is 0 Å². The van der Waals surface area contributed by atoms with Crippen LogP contribution in [0.4, 0.5) is 4.39 Å². The van der Waals surface area contributed by atoms with Crippen LogP contribution in [-0.4, -0.2) is 34.5 Å².